The largest absolute Gasteiger partial charge is 0.453 e. The molecule has 0 spiro atoms. The molecule has 84 valence electrons. The Morgan fingerprint density at radius 3 is 2.56 bits per heavy atom. The summed E-state index contributed by atoms with van der Waals surface area (Å²) in [6.45, 7) is 6.15. The van der Waals surface area contributed by atoms with Crippen molar-refractivity contribution in [3.05, 3.63) is 36.1 Å². The first-order valence-electron chi connectivity index (χ1n) is 5.47. The number of carbonyl (C=O) groups excluding carboxylic acids is 1. The fourth-order valence-corrected chi connectivity index (χ4v) is 1.69. The first kappa shape index (κ1) is 10.9. The van der Waals surface area contributed by atoms with Crippen LogP contribution in [0.3, 0.4) is 0 Å². The molecule has 0 atom stereocenters. The zero-order valence-electron chi connectivity index (χ0n) is 9.91. The molecule has 1 aromatic carbocycles. The van der Waals surface area contributed by atoms with Crippen LogP contribution in [0.1, 0.15) is 37.7 Å². The lowest BCUT2D eigenvalue weighted by Gasteiger charge is -2.15. The van der Waals surface area contributed by atoms with E-state index in [4.69, 9.17) is 4.42 Å². The highest BCUT2D eigenvalue weighted by atomic mass is 16.3. The quantitative estimate of drug-likeness (QED) is 0.709. The Hall–Kier alpha value is -1.57. The molecular weight excluding hydrogens is 200 g/mol. The van der Waals surface area contributed by atoms with Gasteiger partial charge in [-0.15, -0.1) is 0 Å². The second kappa shape index (κ2) is 3.78. The number of para-hydroxylation sites is 1. The molecule has 2 aromatic rings. The normalized spacial score (nSPS) is 11.9. The molecule has 0 radical (unpaired) electrons. The van der Waals surface area contributed by atoms with E-state index in [2.05, 4.69) is 0 Å². The Morgan fingerprint density at radius 2 is 1.94 bits per heavy atom. The van der Waals surface area contributed by atoms with Crippen LogP contribution in [0.15, 0.2) is 34.7 Å². The lowest BCUT2D eigenvalue weighted by Crippen LogP contribution is -2.12. The summed E-state index contributed by atoms with van der Waals surface area (Å²) >= 11 is 0. The van der Waals surface area contributed by atoms with Crippen molar-refractivity contribution < 1.29 is 9.21 Å². The minimum absolute atomic E-state index is 0.00391. The molecule has 0 saturated heterocycles. The molecule has 0 saturated carbocycles. The monoisotopic (exact) mass is 216 g/mol. The summed E-state index contributed by atoms with van der Waals surface area (Å²) in [6.07, 6.45) is 0.507. The van der Waals surface area contributed by atoms with Crippen LogP contribution in [0.25, 0.3) is 11.0 Å². The van der Waals surface area contributed by atoms with Crippen LogP contribution in [-0.4, -0.2) is 5.78 Å². The van der Waals surface area contributed by atoms with Gasteiger partial charge in [0.25, 0.3) is 0 Å². The van der Waals surface area contributed by atoms with E-state index < -0.39 is 0 Å². The maximum absolute atomic E-state index is 11.9. The number of furan rings is 1. The Labute approximate surface area is 95.3 Å². The second-order valence-corrected chi connectivity index (χ2v) is 5.31. The van der Waals surface area contributed by atoms with Crippen molar-refractivity contribution in [2.24, 2.45) is 5.41 Å². The molecule has 0 aliphatic heterocycles. The van der Waals surface area contributed by atoms with Gasteiger partial charge in [-0.3, -0.25) is 4.79 Å². The standard InChI is InChI=1S/C14H16O2/c1-14(2,3)9-11(15)13-8-10-6-4-5-7-12(10)16-13/h4-8H,9H2,1-3H3. The Morgan fingerprint density at radius 1 is 1.25 bits per heavy atom. The highest BCUT2D eigenvalue weighted by molar-refractivity contribution is 5.97. The van der Waals surface area contributed by atoms with Crippen molar-refractivity contribution in [3.63, 3.8) is 0 Å². The fraction of sp³-hybridized carbons (Fsp3) is 0.357. The maximum Gasteiger partial charge on any atom is 0.198 e. The van der Waals surface area contributed by atoms with Gasteiger partial charge >= 0.3 is 0 Å². The van der Waals surface area contributed by atoms with Crippen molar-refractivity contribution >= 4 is 16.8 Å². The van der Waals surface area contributed by atoms with Gasteiger partial charge in [-0.1, -0.05) is 39.0 Å². The summed E-state index contributed by atoms with van der Waals surface area (Å²) in [7, 11) is 0. The topological polar surface area (TPSA) is 30.2 Å². The Kier molecular flexibility index (Phi) is 2.58. The molecule has 2 heteroatoms. The summed E-state index contributed by atoms with van der Waals surface area (Å²) in [4.78, 5) is 11.9. The van der Waals surface area contributed by atoms with E-state index in [1.807, 2.05) is 51.1 Å². The SMILES string of the molecule is CC(C)(C)CC(=O)c1cc2ccccc2o1. The number of fused-ring (bicyclic) bond motifs is 1. The van der Waals surface area contributed by atoms with Gasteiger partial charge in [0.05, 0.1) is 0 Å². The van der Waals surface area contributed by atoms with Crippen LogP contribution >= 0.6 is 0 Å². The van der Waals surface area contributed by atoms with Crippen LogP contribution in [-0.2, 0) is 0 Å². The van der Waals surface area contributed by atoms with Gasteiger partial charge in [0.1, 0.15) is 5.58 Å². The van der Waals surface area contributed by atoms with E-state index in [1.165, 1.54) is 0 Å². The average Bonchev–Trinajstić information content (AvgIpc) is 2.58. The lowest BCUT2D eigenvalue weighted by molar-refractivity contribution is 0.0914. The molecule has 2 nitrogen and oxygen atoms in total. The van der Waals surface area contributed by atoms with Crippen LogP contribution in [0.2, 0.25) is 0 Å². The average molecular weight is 216 g/mol. The third kappa shape index (κ3) is 2.32. The van der Waals surface area contributed by atoms with Gasteiger partial charge in [-0.25, -0.2) is 0 Å². The van der Waals surface area contributed by atoms with Gasteiger partial charge in [-0.05, 0) is 17.5 Å². The Bertz CT molecular complexity index is 482. The molecule has 0 bridgehead atoms. The van der Waals surface area contributed by atoms with Crippen molar-refractivity contribution in [1.29, 1.82) is 0 Å². The van der Waals surface area contributed by atoms with E-state index >= 15 is 0 Å². The van der Waals surface area contributed by atoms with Crippen molar-refractivity contribution in [3.8, 4) is 0 Å². The van der Waals surface area contributed by atoms with Crippen LogP contribution in [0, 0.1) is 5.41 Å². The van der Waals surface area contributed by atoms with E-state index in [-0.39, 0.29) is 11.2 Å². The zero-order chi connectivity index (χ0) is 11.8. The number of hydrogen-bond acceptors (Lipinski definition) is 2. The highest BCUT2D eigenvalue weighted by Gasteiger charge is 2.20. The third-order valence-electron chi connectivity index (χ3n) is 2.39. The van der Waals surface area contributed by atoms with Crippen LogP contribution < -0.4 is 0 Å². The smallest absolute Gasteiger partial charge is 0.198 e. The maximum atomic E-state index is 11.9. The summed E-state index contributed by atoms with van der Waals surface area (Å²) in [5, 5.41) is 0.986. The molecule has 0 aliphatic rings. The number of hydrogen-bond donors (Lipinski definition) is 0. The van der Waals surface area contributed by atoms with Gasteiger partial charge in [0.15, 0.2) is 11.5 Å². The summed E-state index contributed by atoms with van der Waals surface area (Å²) in [5.74, 6) is 0.542. The number of rotatable bonds is 2. The van der Waals surface area contributed by atoms with E-state index in [1.54, 1.807) is 0 Å². The van der Waals surface area contributed by atoms with Gasteiger partial charge in [-0.2, -0.15) is 0 Å². The number of benzene rings is 1. The Balaban J connectivity index is 2.30. The molecule has 0 fully saturated rings. The molecule has 0 amide bonds. The number of ketones is 1. The lowest BCUT2D eigenvalue weighted by atomic mass is 9.89. The summed E-state index contributed by atoms with van der Waals surface area (Å²) < 4.78 is 5.53. The zero-order valence-corrected chi connectivity index (χ0v) is 9.91. The van der Waals surface area contributed by atoms with Gasteiger partial charge in [0, 0.05) is 11.8 Å². The minimum atomic E-state index is -0.00391. The molecule has 1 heterocycles. The van der Waals surface area contributed by atoms with Crippen molar-refractivity contribution in [1.82, 2.24) is 0 Å². The minimum Gasteiger partial charge on any atom is -0.453 e. The highest BCUT2D eigenvalue weighted by Crippen LogP contribution is 2.25. The van der Waals surface area contributed by atoms with Gasteiger partial charge in [0.2, 0.25) is 0 Å². The van der Waals surface area contributed by atoms with E-state index in [9.17, 15) is 4.79 Å². The van der Waals surface area contributed by atoms with Crippen molar-refractivity contribution in [2.75, 3.05) is 0 Å². The number of carbonyl (C=O) groups is 1. The fourth-order valence-electron chi connectivity index (χ4n) is 1.69. The predicted octanol–water partition coefficient (Wildman–Crippen LogP) is 4.05. The van der Waals surface area contributed by atoms with E-state index in [0.29, 0.717) is 12.2 Å². The molecule has 0 unspecified atom stereocenters. The van der Waals surface area contributed by atoms with Gasteiger partial charge < -0.3 is 4.42 Å². The summed E-state index contributed by atoms with van der Waals surface area (Å²) in [6, 6.07) is 9.50. The molecule has 16 heavy (non-hydrogen) atoms. The molecule has 1 aromatic heterocycles. The molecule has 2 rings (SSSR count). The summed E-state index contributed by atoms with van der Waals surface area (Å²) in [5.41, 5.74) is 0.774. The van der Waals surface area contributed by atoms with Crippen LogP contribution in [0.4, 0.5) is 0 Å². The first-order valence-corrected chi connectivity index (χ1v) is 5.47. The van der Waals surface area contributed by atoms with E-state index in [0.717, 1.165) is 11.0 Å². The first-order chi connectivity index (χ1) is 7.46. The second-order valence-electron chi connectivity index (χ2n) is 5.31. The molecule has 0 N–H and O–H groups in total. The third-order valence-corrected chi connectivity index (χ3v) is 2.39. The predicted molar refractivity (Wildman–Crippen MR) is 64.6 cm³/mol. The molecule has 0 aliphatic carbocycles. The molecular formula is C14H16O2. The number of Topliss-reactive ketones (excluding diaryl/α,β-unsaturated/α-hetero) is 1. The van der Waals surface area contributed by atoms with Crippen molar-refractivity contribution in [2.45, 2.75) is 27.2 Å². The van der Waals surface area contributed by atoms with Crippen LogP contribution in [0.5, 0.6) is 0 Å².